The van der Waals surface area contributed by atoms with E-state index in [1.165, 1.54) is 20.4 Å². The molecule has 0 aliphatic carbocycles. The lowest BCUT2D eigenvalue weighted by Gasteiger charge is -2.25. The number of aromatic nitrogens is 2. The second-order valence-corrected chi connectivity index (χ2v) is 11.6. The summed E-state index contributed by atoms with van der Waals surface area (Å²) in [6.07, 6.45) is 5.98. The largest absolute Gasteiger partial charge is 0.481 e. The molecule has 278 valence electrons. The number of aliphatic hydroxyl groups is 1. The van der Waals surface area contributed by atoms with E-state index in [1.807, 2.05) is 70.2 Å². The topological polar surface area (TPSA) is 64.5 Å². The van der Waals surface area contributed by atoms with Crippen molar-refractivity contribution in [3.05, 3.63) is 120 Å². The van der Waals surface area contributed by atoms with Gasteiger partial charge in [-0.05, 0) is 33.4 Å². The van der Waals surface area contributed by atoms with Crippen LogP contribution in [0.4, 0.5) is 8.78 Å². The summed E-state index contributed by atoms with van der Waals surface area (Å²) in [5.74, 6) is 0.326. The van der Waals surface area contributed by atoms with Crippen molar-refractivity contribution in [2.75, 3.05) is 14.2 Å². The van der Waals surface area contributed by atoms with Crippen LogP contribution < -0.4 is 9.47 Å². The summed E-state index contributed by atoms with van der Waals surface area (Å²) in [6, 6.07) is 14.4. The maximum atomic E-state index is 14.3. The van der Waals surface area contributed by atoms with Crippen molar-refractivity contribution in [2.45, 2.75) is 51.0 Å². The molecule has 4 rings (SSSR count). The van der Waals surface area contributed by atoms with Crippen LogP contribution in [0.5, 0.6) is 11.8 Å². The van der Waals surface area contributed by atoms with E-state index >= 15 is 0 Å². The molecule has 2 aromatic heterocycles. The van der Waals surface area contributed by atoms with Crippen LogP contribution in [0.3, 0.4) is 0 Å². The molecule has 1 N–H and O–H groups in total. The van der Waals surface area contributed by atoms with Gasteiger partial charge in [0, 0.05) is 107 Å². The zero-order chi connectivity index (χ0) is 76.7. The lowest BCUT2D eigenvalue weighted by atomic mass is 9.79. The maximum Gasteiger partial charge on any atom is 0.213 e. The highest BCUT2D eigenvalue weighted by atomic mass is 35.5. The summed E-state index contributed by atoms with van der Waals surface area (Å²) < 4.78 is 259. The number of nitrogens with zero attached hydrogens (tertiary/aromatic N) is 2. The second kappa shape index (κ2) is 14.6. The van der Waals surface area contributed by atoms with Gasteiger partial charge in [0.1, 0.15) is 11.6 Å². The van der Waals surface area contributed by atoms with Crippen LogP contribution in [0.15, 0.2) is 86.2 Å². The fraction of sp³-hybridized carbons (Fsp3) is 0.278. The van der Waals surface area contributed by atoms with Gasteiger partial charge < -0.3 is 14.6 Å². The molecule has 0 radical (unpaired) electrons. The van der Waals surface area contributed by atoms with Gasteiger partial charge in [0.2, 0.25) is 11.8 Å². The van der Waals surface area contributed by atoms with E-state index in [9.17, 15) is 13.9 Å². The lowest BCUT2D eigenvalue weighted by molar-refractivity contribution is 0.281. The first-order valence-corrected chi connectivity index (χ1v) is 14.5. The maximum absolute atomic E-state index is 14.3. The van der Waals surface area contributed by atoms with Crippen molar-refractivity contribution in [1.82, 2.24) is 9.97 Å². The number of pyridine rings is 2. The van der Waals surface area contributed by atoms with Gasteiger partial charge in [-0.15, -0.1) is 24.8 Å². The molecule has 0 bridgehead atoms. The molecule has 8 heteroatoms. The Labute approximate surface area is 333 Å². The van der Waals surface area contributed by atoms with Crippen molar-refractivity contribution in [1.29, 1.82) is 0 Å². The van der Waals surface area contributed by atoms with Gasteiger partial charge in [0.15, 0.2) is 0 Å². The SMILES string of the molecule is C=CC(C)(C)c1cc(CCl)ccc1-c1cc(OC)ncc1F.C=CC(C)(C)c1cc(CO)ccc1-c1cc(OC)ncc1F.[3HH].[3H][3H].[3H][3H].[3H][3H].[3H][3H].[3H][3H].[3H][3H].[3H][3H].[3H][3H].[3H][3H].[3H][3H].[3H][3H].[3H][3H].[3H][3H].[3H][3H].[3H][3H].[3H][3H].[3H][3H].[3H][3H].[3H][3H].[3H][3H].[3H][3H].[3H][3H]. The summed E-state index contributed by atoms with van der Waals surface area (Å²) in [5.41, 5.74) is 5.32. The number of alkyl halides is 1. The Morgan fingerprint density at radius 2 is 1.18 bits per heavy atom. The summed E-state index contributed by atoms with van der Waals surface area (Å²) in [4.78, 5) is 7.76. The molecule has 44 heavy (non-hydrogen) atoms. The number of ether oxygens (including phenoxy) is 2. The van der Waals surface area contributed by atoms with Crippen LogP contribution in [0.1, 0.15) is 117 Å². The Morgan fingerprint density at radius 3 is 1.55 bits per heavy atom. The number of benzene rings is 2. The smallest absolute Gasteiger partial charge is 0.213 e. The third kappa shape index (κ3) is 7.71. The highest BCUT2D eigenvalue weighted by molar-refractivity contribution is 6.17. The Morgan fingerprint density at radius 1 is 0.773 bits per heavy atom. The van der Waals surface area contributed by atoms with Gasteiger partial charge in [-0.3, -0.25) is 0 Å². The predicted molar refractivity (Wildman–Crippen MR) is 223 cm³/mol. The van der Waals surface area contributed by atoms with E-state index in [2.05, 4.69) is 23.1 Å². The quantitative estimate of drug-likeness (QED) is 0.129. The fourth-order valence-electron chi connectivity index (χ4n) is 4.60. The number of allylic oxidation sites excluding steroid dienone is 2. The first-order valence-electron chi connectivity index (χ1n) is 36.0. The monoisotopic (exact) mass is 757 g/mol. The molecule has 2 aromatic carbocycles. The number of rotatable bonds is 10. The Bertz CT molecular complexity index is 1600. The van der Waals surface area contributed by atoms with E-state index in [1.54, 1.807) is 18.2 Å². The zero-order valence-electron chi connectivity index (χ0n) is 70.0. The minimum Gasteiger partial charge on any atom is -0.481 e. The highest BCUT2D eigenvalue weighted by Gasteiger charge is 2.24. The summed E-state index contributed by atoms with van der Waals surface area (Å²) in [6.45, 7) is 15.7. The number of halogens is 3. The van der Waals surface area contributed by atoms with Crippen LogP contribution in [-0.4, -0.2) is 29.3 Å². The third-order valence-corrected chi connectivity index (χ3v) is 7.88. The van der Waals surface area contributed by atoms with E-state index in [-0.39, 0.29) is 24.7 Å². The standard InChI is InChI=1S/C18H19ClFNO.C18H20FNO2.23H2/c1-5-18(2,3)15-8-12(10-19)6-7-13(15)14-9-17(22-4)21-11-16(14)20;1-5-18(2,3)15-8-12(11-21)6-7-13(15)14-9-17(22-4)20-10-16(14)19;;;;;;;;;;;;;;;;;;;;;;;/h5-9,11H,1,10H2,2-4H3;5-10,21H,1,11H2,2-4H3;23*1H/i;;22*1+2T;1+2. The molecule has 0 unspecified atom stereocenters. The van der Waals surface area contributed by atoms with Crippen molar-refractivity contribution >= 4 is 11.6 Å². The number of methoxy groups -OCH3 is 2. The normalized spacial score (nSPS) is 15.3. The van der Waals surface area contributed by atoms with Gasteiger partial charge in [-0.2, -0.15) is 0 Å². The van der Waals surface area contributed by atoms with E-state index in [4.69, 9.17) is 86.4 Å². The lowest BCUT2D eigenvalue weighted by Crippen LogP contribution is -2.15. The van der Waals surface area contributed by atoms with Crippen LogP contribution in [-0.2, 0) is 23.3 Å². The zero-order valence-corrected chi connectivity index (χ0v) is 26.8. The second-order valence-electron chi connectivity index (χ2n) is 11.3. The van der Waals surface area contributed by atoms with Crippen molar-refractivity contribution in [3.8, 4) is 34.0 Å². The molecule has 0 spiro atoms. The highest BCUT2D eigenvalue weighted by Crippen LogP contribution is 2.38. The molecular formula is C36H85ClF2N2O3. The van der Waals surface area contributed by atoms with Gasteiger partial charge in [0.25, 0.3) is 0 Å². The van der Waals surface area contributed by atoms with E-state index in [0.29, 0.717) is 28.8 Å². The number of hydrogen-bond donors (Lipinski definition) is 1. The summed E-state index contributed by atoms with van der Waals surface area (Å²) >= 11 is 5.94. The molecule has 0 aliphatic rings. The fourth-order valence-corrected chi connectivity index (χ4v) is 4.76. The van der Waals surface area contributed by atoms with E-state index in [0.717, 1.165) is 39.6 Å². The van der Waals surface area contributed by atoms with Crippen molar-refractivity contribution < 1.29 is 90.1 Å². The number of hydrogen-bond acceptors (Lipinski definition) is 5. The molecule has 0 atom stereocenters. The Balaban J connectivity index is -0.0000000336. The van der Waals surface area contributed by atoms with Crippen LogP contribution in [0.25, 0.3) is 22.3 Å². The molecule has 4 aromatic rings. The van der Waals surface area contributed by atoms with Gasteiger partial charge in [0.05, 0.1) is 33.2 Å². The van der Waals surface area contributed by atoms with Gasteiger partial charge in [-0.25, -0.2) is 18.7 Å². The first-order chi connectivity index (χ1) is 42.8. The average Bonchev–Trinajstić information content (AvgIpc) is 3.81. The molecule has 0 saturated carbocycles. The number of aliphatic hydroxyl groups excluding tert-OH is 1. The molecule has 0 aliphatic heterocycles. The van der Waals surface area contributed by atoms with Crippen LogP contribution >= 0.6 is 11.6 Å². The molecule has 0 amide bonds. The van der Waals surface area contributed by atoms with Crippen molar-refractivity contribution in [2.24, 2.45) is 0 Å². The Kier molecular flexibility index (Phi) is 4.91. The van der Waals surface area contributed by atoms with Crippen LogP contribution in [0, 0.1) is 11.6 Å². The molecular weight excluding hydrogens is 582 g/mol. The van der Waals surface area contributed by atoms with Gasteiger partial charge >= 0.3 is 0 Å². The minimum atomic E-state index is -0.418. The molecule has 5 nitrogen and oxygen atoms in total. The third-order valence-electron chi connectivity index (χ3n) is 7.57. The van der Waals surface area contributed by atoms with Crippen molar-refractivity contribution in [3.63, 3.8) is 0 Å². The molecule has 2 heterocycles. The average molecular weight is 758 g/mol. The molecule has 0 fully saturated rings. The first kappa shape index (κ1) is 14.8. The Hall–Kier alpha value is -4.07. The van der Waals surface area contributed by atoms with E-state index < -0.39 is 5.82 Å². The summed E-state index contributed by atoms with van der Waals surface area (Å²) in [5, 5.41) is 9.37. The van der Waals surface area contributed by atoms with Gasteiger partial charge in [-0.1, -0.05) is 76.2 Å². The van der Waals surface area contributed by atoms with Crippen LogP contribution in [0.2, 0.25) is 0 Å². The summed E-state index contributed by atoms with van der Waals surface area (Å²) in [7, 11) is 3.00. The minimum absolute atomic E-state index is 0. The molecule has 0 saturated heterocycles. The predicted octanol–water partition coefficient (Wildman–Crippen LogP) is 14.6.